The fourth-order valence-electron chi connectivity index (χ4n) is 2.69. The van der Waals surface area contributed by atoms with Gasteiger partial charge in [-0.05, 0) is 29.8 Å². The number of fused-ring (bicyclic) bond motifs is 1. The number of rotatable bonds is 6. The van der Waals surface area contributed by atoms with Crippen LogP contribution in [0.25, 0.3) is 10.9 Å². The highest BCUT2D eigenvalue weighted by Gasteiger charge is 2.07. The summed E-state index contributed by atoms with van der Waals surface area (Å²) in [6, 6.07) is 15.2. The lowest BCUT2D eigenvalue weighted by atomic mass is 10.2. The molecule has 134 valence electrons. The summed E-state index contributed by atoms with van der Waals surface area (Å²) >= 11 is 0. The predicted octanol–water partition coefficient (Wildman–Crippen LogP) is 2.24. The number of para-hydroxylation sites is 1. The monoisotopic (exact) mass is 350 g/mol. The molecule has 0 saturated heterocycles. The second-order valence-electron chi connectivity index (χ2n) is 6.37. The highest BCUT2D eigenvalue weighted by atomic mass is 16.1. The Balaban J connectivity index is 1.55. The minimum Gasteiger partial charge on any atom is -0.378 e. The molecule has 1 aromatic heterocycles. The molecule has 6 heteroatoms. The summed E-state index contributed by atoms with van der Waals surface area (Å²) in [5.41, 5.74) is 2.63. The molecule has 2 N–H and O–H groups in total. The maximum absolute atomic E-state index is 12.1. The van der Waals surface area contributed by atoms with Crippen LogP contribution in [-0.2, 0) is 17.8 Å². The molecule has 0 aliphatic heterocycles. The number of hydrogen-bond donors (Lipinski definition) is 2. The van der Waals surface area contributed by atoms with Crippen molar-refractivity contribution in [2.24, 2.45) is 0 Å². The molecule has 3 aromatic rings. The molecule has 0 aliphatic rings. The van der Waals surface area contributed by atoms with E-state index in [1.165, 1.54) is 0 Å². The summed E-state index contributed by atoms with van der Waals surface area (Å²) < 4.78 is 0. The number of H-pyrrole nitrogens is 1. The molecule has 0 aliphatic carbocycles. The Morgan fingerprint density at radius 3 is 2.58 bits per heavy atom. The zero-order chi connectivity index (χ0) is 18.5. The van der Waals surface area contributed by atoms with Gasteiger partial charge in [-0.15, -0.1) is 0 Å². The van der Waals surface area contributed by atoms with Crippen molar-refractivity contribution in [1.82, 2.24) is 15.3 Å². The summed E-state index contributed by atoms with van der Waals surface area (Å²) in [6.45, 7) is 0.480. The summed E-state index contributed by atoms with van der Waals surface area (Å²) in [5, 5.41) is 3.45. The molecule has 1 amide bonds. The van der Waals surface area contributed by atoms with Crippen LogP contribution in [0.1, 0.15) is 17.8 Å². The maximum Gasteiger partial charge on any atom is 0.258 e. The van der Waals surface area contributed by atoms with Crippen LogP contribution < -0.4 is 15.8 Å². The van der Waals surface area contributed by atoms with Crippen molar-refractivity contribution in [1.29, 1.82) is 0 Å². The van der Waals surface area contributed by atoms with E-state index in [9.17, 15) is 9.59 Å². The highest BCUT2D eigenvalue weighted by Crippen LogP contribution is 2.12. The molecule has 0 spiro atoms. The van der Waals surface area contributed by atoms with Crippen LogP contribution in [0.2, 0.25) is 0 Å². The molecule has 0 unspecified atom stereocenters. The lowest BCUT2D eigenvalue weighted by Crippen LogP contribution is -2.23. The summed E-state index contributed by atoms with van der Waals surface area (Å²) in [4.78, 5) is 33.3. The Hall–Kier alpha value is -3.15. The number of carbonyl (C=O) groups is 1. The molecule has 0 radical (unpaired) electrons. The average molecular weight is 350 g/mol. The lowest BCUT2D eigenvalue weighted by molar-refractivity contribution is -0.121. The van der Waals surface area contributed by atoms with E-state index >= 15 is 0 Å². The highest BCUT2D eigenvalue weighted by molar-refractivity contribution is 5.78. The van der Waals surface area contributed by atoms with Crippen LogP contribution in [0.15, 0.2) is 53.3 Å². The average Bonchev–Trinajstić information content (AvgIpc) is 2.65. The van der Waals surface area contributed by atoms with E-state index in [-0.39, 0.29) is 17.9 Å². The van der Waals surface area contributed by atoms with Gasteiger partial charge in [0.25, 0.3) is 5.56 Å². The van der Waals surface area contributed by atoms with Gasteiger partial charge in [0.2, 0.25) is 5.91 Å². The van der Waals surface area contributed by atoms with Crippen molar-refractivity contribution in [2.45, 2.75) is 19.4 Å². The van der Waals surface area contributed by atoms with Gasteiger partial charge in [0, 0.05) is 39.2 Å². The molecule has 0 saturated carbocycles. The predicted molar refractivity (Wildman–Crippen MR) is 103 cm³/mol. The van der Waals surface area contributed by atoms with E-state index in [0.717, 1.165) is 11.3 Å². The van der Waals surface area contributed by atoms with Gasteiger partial charge < -0.3 is 15.2 Å². The number of nitrogens with one attached hydrogen (secondary N) is 2. The standard InChI is InChI=1S/C20H22N4O2/c1-24(2)15-9-7-14(8-10-15)13-21-19(25)12-11-18-22-17-6-4-3-5-16(17)20(26)23-18/h3-10H,11-13H2,1-2H3,(H,21,25)(H,22,23,26). The molecule has 0 atom stereocenters. The first-order valence-corrected chi connectivity index (χ1v) is 8.54. The molecule has 1 heterocycles. The fourth-order valence-corrected chi connectivity index (χ4v) is 2.69. The minimum absolute atomic E-state index is 0.0718. The van der Waals surface area contributed by atoms with Gasteiger partial charge in [-0.2, -0.15) is 0 Å². The molecular formula is C20H22N4O2. The molecule has 6 nitrogen and oxygen atoms in total. The smallest absolute Gasteiger partial charge is 0.258 e. The summed E-state index contributed by atoms with van der Waals surface area (Å²) in [7, 11) is 3.98. The van der Waals surface area contributed by atoms with E-state index in [0.29, 0.717) is 29.7 Å². The van der Waals surface area contributed by atoms with Crippen molar-refractivity contribution in [3.63, 3.8) is 0 Å². The lowest BCUT2D eigenvalue weighted by Gasteiger charge is -2.13. The van der Waals surface area contributed by atoms with Crippen molar-refractivity contribution in [2.75, 3.05) is 19.0 Å². The number of nitrogens with zero attached hydrogens (tertiary/aromatic N) is 2. The first kappa shape index (κ1) is 17.7. The minimum atomic E-state index is -0.174. The number of amides is 1. The van der Waals surface area contributed by atoms with Gasteiger partial charge >= 0.3 is 0 Å². The third kappa shape index (κ3) is 4.27. The van der Waals surface area contributed by atoms with Gasteiger partial charge in [0.05, 0.1) is 10.9 Å². The second-order valence-corrected chi connectivity index (χ2v) is 6.37. The zero-order valence-electron chi connectivity index (χ0n) is 15.0. The van der Waals surface area contributed by atoms with Crippen LogP contribution in [0.4, 0.5) is 5.69 Å². The van der Waals surface area contributed by atoms with E-state index in [2.05, 4.69) is 15.3 Å². The van der Waals surface area contributed by atoms with E-state index in [1.54, 1.807) is 18.2 Å². The summed E-state index contributed by atoms with van der Waals surface area (Å²) in [6.07, 6.45) is 0.669. The van der Waals surface area contributed by atoms with Crippen LogP contribution in [0.3, 0.4) is 0 Å². The Kier molecular flexibility index (Phi) is 5.31. The van der Waals surface area contributed by atoms with Gasteiger partial charge in [-0.3, -0.25) is 9.59 Å². The molecule has 0 bridgehead atoms. The largest absolute Gasteiger partial charge is 0.378 e. The number of aromatic nitrogens is 2. The molecule has 0 fully saturated rings. The van der Waals surface area contributed by atoms with Crippen LogP contribution in [0.5, 0.6) is 0 Å². The number of carbonyl (C=O) groups excluding carboxylic acids is 1. The SMILES string of the molecule is CN(C)c1ccc(CNC(=O)CCc2nc3ccccc3c(=O)[nH]2)cc1. The Morgan fingerprint density at radius 2 is 1.85 bits per heavy atom. The fraction of sp³-hybridized carbons (Fsp3) is 0.250. The number of aromatic amines is 1. The van der Waals surface area contributed by atoms with Gasteiger partial charge in [0.1, 0.15) is 5.82 Å². The van der Waals surface area contributed by atoms with Crippen molar-refractivity contribution >= 4 is 22.5 Å². The van der Waals surface area contributed by atoms with Crippen LogP contribution >= 0.6 is 0 Å². The van der Waals surface area contributed by atoms with Gasteiger partial charge in [-0.1, -0.05) is 24.3 Å². The Bertz CT molecular complexity index is 961. The third-order valence-electron chi connectivity index (χ3n) is 4.19. The third-order valence-corrected chi connectivity index (χ3v) is 4.19. The topological polar surface area (TPSA) is 78.1 Å². The molecule has 26 heavy (non-hydrogen) atoms. The zero-order valence-corrected chi connectivity index (χ0v) is 15.0. The number of hydrogen-bond acceptors (Lipinski definition) is 4. The molecule has 3 rings (SSSR count). The molecular weight excluding hydrogens is 328 g/mol. The number of anilines is 1. The van der Waals surface area contributed by atoms with Crippen LogP contribution in [0, 0.1) is 0 Å². The quantitative estimate of drug-likeness (QED) is 0.715. The van der Waals surface area contributed by atoms with Gasteiger partial charge in [-0.25, -0.2) is 4.98 Å². The maximum atomic E-state index is 12.1. The van der Waals surface area contributed by atoms with Crippen LogP contribution in [-0.4, -0.2) is 30.0 Å². The normalized spacial score (nSPS) is 10.7. The van der Waals surface area contributed by atoms with Crippen molar-refractivity contribution < 1.29 is 4.79 Å². The first-order valence-electron chi connectivity index (χ1n) is 8.54. The Morgan fingerprint density at radius 1 is 1.12 bits per heavy atom. The van der Waals surface area contributed by atoms with Crippen molar-refractivity contribution in [3.8, 4) is 0 Å². The van der Waals surface area contributed by atoms with E-state index < -0.39 is 0 Å². The number of benzene rings is 2. The summed E-state index contributed by atoms with van der Waals surface area (Å²) in [5.74, 6) is 0.455. The Labute approximate surface area is 151 Å². The van der Waals surface area contributed by atoms with Gasteiger partial charge in [0.15, 0.2) is 0 Å². The number of aryl methyl sites for hydroxylation is 1. The van der Waals surface area contributed by atoms with E-state index in [4.69, 9.17) is 0 Å². The second kappa shape index (κ2) is 7.82. The molecule has 2 aromatic carbocycles. The first-order chi connectivity index (χ1) is 12.5. The van der Waals surface area contributed by atoms with Crippen molar-refractivity contribution in [3.05, 3.63) is 70.3 Å². The van der Waals surface area contributed by atoms with E-state index in [1.807, 2.05) is 49.3 Å².